The summed E-state index contributed by atoms with van der Waals surface area (Å²) in [6.07, 6.45) is 4.40. The van der Waals surface area contributed by atoms with Crippen molar-refractivity contribution in [3.8, 4) is 0 Å². The molecule has 82 valence electrons. The van der Waals surface area contributed by atoms with Crippen LogP contribution in [0, 0.1) is 0 Å². The van der Waals surface area contributed by atoms with Crippen LogP contribution in [0.25, 0.3) is 0 Å². The highest BCUT2D eigenvalue weighted by Gasteiger charge is 2.01. The van der Waals surface area contributed by atoms with Crippen LogP contribution in [-0.2, 0) is 6.54 Å². The molecule has 0 aliphatic carbocycles. The minimum Gasteiger partial charge on any atom is -0.393 e. The summed E-state index contributed by atoms with van der Waals surface area (Å²) < 4.78 is 1.00. The Hall–Kier alpha value is -0.520. The Kier molecular flexibility index (Phi) is 5.14. The van der Waals surface area contributed by atoms with E-state index >= 15 is 0 Å². The molecule has 1 rings (SSSR count). The van der Waals surface area contributed by atoms with E-state index in [0.717, 1.165) is 24.0 Å². The number of nitrogens with zero attached hydrogens (tertiary/aromatic N) is 2. The van der Waals surface area contributed by atoms with Crippen LogP contribution in [0.15, 0.2) is 22.9 Å². The van der Waals surface area contributed by atoms with Gasteiger partial charge in [-0.05, 0) is 34.6 Å². The largest absolute Gasteiger partial charge is 0.393 e. The molecular formula is C10H14BrN3S. The number of pyridine rings is 1. The molecule has 2 N–H and O–H groups in total. The van der Waals surface area contributed by atoms with Crippen LogP contribution >= 0.6 is 28.1 Å². The van der Waals surface area contributed by atoms with Gasteiger partial charge in [0.1, 0.15) is 0 Å². The molecule has 15 heavy (non-hydrogen) atoms. The second-order valence-corrected chi connectivity index (χ2v) is 4.91. The lowest BCUT2D eigenvalue weighted by Gasteiger charge is -2.15. The third kappa shape index (κ3) is 5.20. The van der Waals surface area contributed by atoms with Gasteiger partial charge in [-0.2, -0.15) is 0 Å². The molecule has 0 amide bonds. The zero-order valence-corrected chi connectivity index (χ0v) is 11.0. The number of halogens is 1. The molecule has 5 heteroatoms. The van der Waals surface area contributed by atoms with Gasteiger partial charge in [0.05, 0.1) is 4.99 Å². The maximum atomic E-state index is 5.44. The Morgan fingerprint density at radius 3 is 2.93 bits per heavy atom. The van der Waals surface area contributed by atoms with Gasteiger partial charge < -0.3 is 10.6 Å². The molecule has 0 fully saturated rings. The fraction of sp³-hybridized carbons (Fsp3) is 0.400. The van der Waals surface area contributed by atoms with E-state index in [4.69, 9.17) is 18.0 Å². The molecule has 0 saturated heterocycles. The number of nitrogens with two attached hydrogens (primary N) is 1. The summed E-state index contributed by atoms with van der Waals surface area (Å²) in [4.78, 5) is 6.84. The SMILES string of the molecule is CN(CCC(N)=S)Cc1cncc(Br)c1. The summed E-state index contributed by atoms with van der Waals surface area (Å²) in [5.74, 6) is 0. The molecule has 0 radical (unpaired) electrons. The summed E-state index contributed by atoms with van der Waals surface area (Å²) in [5, 5.41) is 0. The summed E-state index contributed by atoms with van der Waals surface area (Å²) >= 11 is 8.22. The minimum atomic E-state index is 0.564. The molecule has 0 saturated carbocycles. The predicted molar refractivity (Wildman–Crippen MR) is 69.7 cm³/mol. The molecule has 0 atom stereocenters. The molecular weight excluding hydrogens is 274 g/mol. The standard InChI is InChI=1S/C10H14BrN3S/c1-14(3-2-10(12)15)7-8-4-9(11)6-13-5-8/h4-6H,2-3,7H2,1H3,(H2,12,15). The lowest BCUT2D eigenvalue weighted by Crippen LogP contribution is -2.23. The first-order valence-electron chi connectivity index (χ1n) is 4.64. The minimum absolute atomic E-state index is 0.564. The van der Waals surface area contributed by atoms with Crippen molar-refractivity contribution < 1.29 is 0 Å². The van der Waals surface area contributed by atoms with Crippen LogP contribution in [-0.4, -0.2) is 28.5 Å². The Morgan fingerprint density at radius 1 is 1.60 bits per heavy atom. The first kappa shape index (κ1) is 12.5. The fourth-order valence-electron chi connectivity index (χ4n) is 1.23. The van der Waals surface area contributed by atoms with Gasteiger partial charge in [-0.1, -0.05) is 12.2 Å². The van der Waals surface area contributed by atoms with Crippen LogP contribution in [0.1, 0.15) is 12.0 Å². The zero-order chi connectivity index (χ0) is 11.3. The normalized spacial score (nSPS) is 10.6. The number of hydrogen-bond acceptors (Lipinski definition) is 3. The molecule has 0 aliphatic rings. The molecule has 1 aromatic heterocycles. The van der Waals surface area contributed by atoms with Crippen LogP contribution in [0.3, 0.4) is 0 Å². The average molecular weight is 288 g/mol. The highest BCUT2D eigenvalue weighted by molar-refractivity contribution is 9.10. The van der Waals surface area contributed by atoms with E-state index in [1.807, 2.05) is 13.2 Å². The van der Waals surface area contributed by atoms with Crippen LogP contribution in [0.2, 0.25) is 0 Å². The summed E-state index contributed by atoms with van der Waals surface area (Å²) in [6.45, 7) is 1.73. The van der Waals surface area contributed by atoms with Gasteiger partial charge in [-0.3, -0.25) is 4.98 Å². The second-order valence-electron chi connectivity index (χ2n) is 3.47. The highest BCUT2D eigenvalue weighted by Crippen LogP contribution is 2.10. The molecule has 1 aromatic rings. The van der Waals surface area contributed by atoms with Crippen LogP contribution in [0.4, 0.5) is 0 Å². The van der Waals surface area contributed by atoms with Crippen molar-refractivity contribution in [3.05, 3.63) is 28.5 Å². The van der Waals surface area contributed by atoms with Crippen molar-refractivity contribution in [2.75, 3.05) is 13.6 Å². The van der Waals surface area contributed by atoms with E-state index in [1.54, 1.807) is 6.20 Å². The Morgan fingerprint density at radius 2 is 2.33 bits per heavy atom. The molecule has 0 aromatic carbocycles. The topological polar surface area (TPSA) is 42.1 Å². The van der Waals surface area contributed by atoms with Crippen molar-refractivity contribution in [2.24, 2.45) is 5.73 Å². The van der Waals surface area contributed by atoms with Crippen molar-refractivity contribution >= 4 is 33.1 Å². The molecule has 3 nitrogen and oxygen atoms in total. The van der Waals surface area contributed by atoms with Gasteiger partial charge in [0.25, 0.3) is 0 Å². The van der Waals surface area contributed by atoms with Gasteiger partial charge >= 0.3 is 0 Å². The summed E-state index contributed by atoms with van der Waals surface area (Å²) in [6, 6.07) is 2.06. The van der Waals surface area contributed by atoms with Crippen molar-refractivity contribution in [3.63, 3.8) is 0 Å². The number of thiocarbonyl (C=S) groups is 1. The summed E-state index contributed by atoms with van der Waals surface area (Å²) in [7, 11) is 2.04. The van der Waals surface area contributed by atoms with E-state index in [0.29, 0.717) is 4.99 Å². The number of hydrogen-bond donors (Lipinski definition) is 1. The molecule has 0 spiro atoms. The quantitative estimate of drug-likeness (QED) is 0.841. The lowest BCUT2D eigenvalue weighted by molar-refractivity contribution is 0.337. The van der Waals surface area contributed by atoms with Crippen molar-refractivity contribution in [1.82, 2.24) is 9.88 Å². The van der Waals surface area contributed by atoms with Crippen LogP contribution in [0.5, 0.6) is 0 Å². The van der Waals surface area contributed by atoms with E-state index in [1.165, 1.54) is 5.56 Å². The number of rotatable bonds is 5. The maximum Gasteiger partial charge on any atom is 0.0740 e. The molecule has 0 aliphatic heterocycles. The monoisotopic (exact) mass is 287 g/mol. The molecule has 0 unspecified atom stereocenters. The van der Waals surface area contributed by atoms with Gasteiger partial charge in [-0.15, -0.1) is 0 Å². The Labute approximate surface area is 104 Å². The molecule has 0 bridgehead atoms. The first-order valence-corrected chi connectivity index (χ1v) is 5.84. The smallest absolute Gasteiger partial charge is 0.0740 e. The fourth-order valence-corrected chi connectivity index (χ4v) is 1.74. The van der Waals surface area contributed by atoms with Crippen molar-refractivity contribution in [1.29, 1.82) is 0 Å². The molecule has 1 heterocycles. The van der Waals surface area contributed by atoms with Gasteiger partial charge in [0.2, 0.25) is 0 Å². The highest BCUT2D eigenvalue weighted by atomic mass is 79.9. The lowest BCUT2D eigenvalue weighted by atomic mass is 10.2. The van der Waals surface area contributed by atoms with E-state index in [2.05, 4.69) is 31.9 Å². The van der Waals surface area contributed by atoms with Crippen LogP contribution < -0.4 is 5.73 Å². The van der Waals surface area contributed by atoms with Gasteiger partial charge in [0, 0.05) is 36.4 Å². The summed E-state index contributed by atoms with van der Waals surface area (Å²) in [5.41, 5.74) is 6.62. The first-order chi connectivity index (χ1) is 7.08. The third-order valence-corrected chi connectivity index (χ3v) is 2.59. The predicted octanol–water partition coefficient (Wildman–Crippen LogP) is 1.95. The second kappa shape index (κ2) is 6.15. The van der Waals surface area contributed by atoms with Crippen molar-refractivity contribution in [2.45, 2.75) is 13.0 Å². The Bertz CT molecular complexity index is 343. The van der Waals surface area contributed by atoms with E-state index in [-0.39, 0.29) is 0 Å². The number of aromatic nitrogens is 1. The Balaban J connectivity index is 2.44. The maximum absolute atomic E-state index is 5.44. The average Bonchev–Trinajstić information content (AvgIpc) is 2.15. The van der Waals surface area contributed by atoms with Gasteiger partial charge in [0.15, 0.2) is 0 Å². The van der Waals surface area contributed by atoms with E-state index < -0.39 is 0 Å². The third-order valence-electron chi connectivity index (χ3n) is 1.95. The zero-order valence-electron chi connectivity index (χ0n) is 8.61. The van der Waals surface area contributed by atoms with Gasteiger partial charge in [-0.25, -0.2) is 0 Å². The van der Waals surface area contributed by atoms with E-state index in [9.17, 15) is 0 Å².